The molecule has 3 atom stereocenters. The Morgan fingerprint density at radius 2 is 1.96 bits per heavy atom. The zero-order valence-electron chi connectivity index (χ0n) is 14.4. The predicted octanol–water partition coefficient (Wildman–Crippen LogP) is 4.01. The van der Waals surface area contributed by atoms with Gasteiger partial charge in [-0.15, -0.1) is 0 Å². The van der Waals surface area contributed by atoms with Crippen LogP contribution in [0.15, 0.2) is 12.1 Å². The fourth-order valence-corrected chi connectivity index (χ4v) is 5.44. The van der Waals surface area contributed by atoms with Crippen molar-refractivity contribution in [2.75, 3.05) is 19.6 Å². The van der Waals surface area contributed by atoms with Gasteiger partial charge in [0.25, 0.3) is 0 Å². The van der Waals surface area contributed by atoms with Gasteiger partial charge in [-0.25, -0.2) is 0 Å². The summed E-state index contributed by atoms with van der Waals surface area (Å²) in [6, 6.07) is 3.75. The van der Waals surface area contributed by atoms with Gasteiger partial charge in [-0.1, -0.05) is 18.0 Å². The Balaban J connectivity index is 1.40. The molecule has 0 radical (unpaired) electrons. The van der Waals surface area contributed by atoms with E-state index in [1.807, 2.05) is 6.07 Å². The van der Waals surface area contributed by atoms with Gasteiger partial charge in [0.2, 0.25) is 0 Å². The highest BCUT2D eigenvalue weighted by atomic mass is 35.5. The molecular formula is C20H24ClNO3. The maximum Gasteiger partial charge on any atom is 0.316 e. The van der Waals surface area contributed by atoms with Crippen molar-refractivity contribution in [2.45, 2.75) is 50.5 Å². The molecule has 6 rings (SSSR count). The number of halogens is 1. The minimum Gasteiger partial charge on any atom is -0.486 e. The molecule has 4 aliphatic heterocycles. The second-order valence-corrected chi connectivity index (χ2v) is 8.47. The Morgan fingerprint density at radius 1 is 1.16 bits per heavy atom. The number of benzene rings is 1. The summed E-state index contributed by atoms with van der Waals surface area (Å²) in [5.41, 5.74) is 1.13. The normalized spacial score (nSPS) is 35.6. The van der Waals surface area contributed by atoms with Crippen LogP contribution in [0.2, 0.25) is 5.02 Å². The van der Waals surface area contributed by atoms with Gasteiger partial charge in [0.05, 0.1) is 5.92 Å². The molecule has 0 aromatic heterocycles. The lowest BCUT2D eigenvalue weighted by atomic mass is 9.79. The molecule has 0 spiro atoms. The lowest BCUT2D eigenvalue weighted by molar-refractivity contribution is -0.145. The monoisotopic (exact) mass is 361 g/mol. The minimum absolute atomic E-state index is 0.0131. The van der Waals surface area contributed by atoms with Crippen LogP contribution in [0, 0.1) is 11.8 Å². The van der Waals surface area contributed by atoms with E-state index < -0.39 is 0 Å². The molecule has 1 aliphatic carbocycles. The number of carbonyl (C=O) groups excluding carboxylic acids is 1. The van der Waals surface area contributed by atoms with Crippen LogP contribution in [0.1, 0.15) is 50.0 Å². The van der Waals surface area contributed by atoms with Crippen LogP contribution in [-0.2, 0) is 4.79 Å². The summed E-state index contributed by atoms with van der Waals surface area (Å²) in [5.74, 6) is 2.03. The summed E-state index contributed by atoms with van der Waals surface area (Å²) in [5, 5.41) is 0.630. The second-order valence-electron chi connectivity index (χ2n) is 8.04. The molecule has 5 heteroatoms. The zero-order chi connectivity index (χ0) is 17.0. The Labute approximate surface area is 153 Å². The van der Waals surface area contributed by atoms with Crippen LogP contribution in [0.25, 0.3) is 0 Å². The van der Waals surface area contributed by atoms with Crippen LogP contribution in [0.3, 0.4) is 0 Å². The van der Waals surface area contributed by atoms with E-state index in [9.17, 15) is 4.79 Å². The molecule has 134 valence electrons. The van der Waals surface area contributed by atoms with Gasteiger partial charge >= 0.3 is 5.97 Å². The molecular weight excluding hydrogens is 338 g/mol. The maximum absolute atomic E-state index is 12.8. The molecule has 25 heavy (non-hydrogen) atoms. The smallest absolute Gasteiger partial charge is 0.316 e. The standard InChI is InChI=1S/C20H24ClNO3/c21-13-9-15-14-3-1-2-4-17(14)24-19(15)18(10-13)25-20(23)16-11-22-7-5-12(16)6-8-22/h9-10,12,14,16-17H,1-8,11H2. The summed E-state index contributed by atoms with van der Waals surface area (Å²) >= 11 is 6.34. The van der Waals surface area contributed by atoms with Gasteiger partial charge in [0.1, 0.15) is 6.10 Å². The Morgan fingerprint density at radius 3 is 2.72 bits per heavy atom. The fourth-order valence-electron chi connectivity index (χ4n) is 5.23. The van der Waals surface area contributed by atoms with Gasteiger partial charge in [-0.05, 0) is 57.2 Å². The molecule has 1 saturated carbocycles. The van der Waals surface area contributed by atoms with Crippen LogP contribution in [-0.4, -0.2) is 36.6 Å². The third kappa shape index (κ3) is 2.74. The molecule has 3 unspecified atom stereocenters. The zero-order valence-corrected chi connectivity index (χ0v) is 15.1. The molecule has 0 amide bonds. The van der Waals surface area contributed by atoms with Gasteiger partial charge in [0.15, 0.2) is 11.5 Å². The van der Waals surface area contributed by atoms with Crippen molar-refractivity contribution in [3.63, 3.8) is 0 Å². The van der Waals surface area contributed by atoms with Crippen molar-refractivity contribution in [1.82, 2.24) is 4.90 Å². The highest BCUT2D eigenvalue weighted by Gasteiger charge is 2.41. The number of hydrogen-bond donors (Lipinski definition) is 0. The first-order valence-electron chi connectivity index (χ1n) is 9.63. The van der Waals surface area contributed by atoms with E-state index in [-0.39, 0.29) is 18.0 Å². The largest absolute Gasteiger partial charge is 0.486 e. The van der Waals surface area contributed by atoms with Crippen LogP contribution < -0.4 is 9.47 Å². The number of ether oxygens (including phenoxy) is 2. The maximum atomic E-state index is 12.8. The first-order valence-corrected chi connectivity index (χ1v) is 10.0. The first-order chi connectivity index (χ1) is 12.2. The van der Waals surface area contributed by atoms with Crippen LogP contribution in [0.5, 0.6) is 11.5 Å². The molecule has 5 aliphatic rings. The summed E-state index contributed by atoms with van der Waals surface area (Å²) in [7, 11) is 0. The minimum atomic E-state index is -0.114. The number of piperidine rings is 3. The van der Waals surface area contributed by atoms with Crippen molar-refractivity contribution in [2.24, 2.45) is 11.8 Å². The molecule has 2 bridgehead atoms. The molecule has 1 aromatic carbocycles. The average Bonchev–Trinajstić information content (AvgIpc) is 3.01. The third-order valence-electron chi connectivity index (χ3n) is 6.59. The van der Waals surface area contributed by atoms with Crippen molar-refractivity contribution in [1.29, 1.82) is 0 Å². The quantitative estimate of drug-likeness (QED) is 0.589. The van der Waals surface area contributed by atoms with Gasteiger partial charge in [0, 0.05) is 29.1 Å². The van der Waals surface area contributed by atoms with E-state index in [0.29, 0.717) is 22.6 Å². The molecule has 0 N–H and O–H groups in total. The number of fused-ring (bicyclic) bond motifs is 6. The summed E-state index contributed by atoms with van der Waals surface area (Å²) in [6.07, 6.45) is 7.07. The predicted molar refractivity (Wildman–Crippen MR) is 95.4 cm³/mol. The fraction of sp³-hybridized carbons (Fsp3) is 0.650. The van der Waals surface area contributed by atoms with E-state index in [1.165, 1.54) is 12.8 Å². The molecule has 3 saturated heterocycles. The number of hydrogen-bond acceptors (Lipinski definition) is 4. The SMILES string of the molecule is O=C(Oc1cc(Cl)cc2c1OC1CCCCC21)C1CN2CCC1CC2. The summed E-state index contributed by atoms with van der Waals surface area (Å²) in [4.78, 5) is 15.2. The Bertz CT molecular complexity index is 698. The van der Waals surface area contributed by atoms with Gasteiger partial charge in [-0.3, -0.25) is 4.79 Å². The average molecular weight is 362 g/mol. The van der Waals surface area contributed by atoms with Crippen LogP contribution in [0.4, 0.5) is 0 Å². The molecule has 1 aromatic rings. The van der Waals surface area contributed by atoms with E-state index in [1.54, 1.807) is 6.07 Å². The number of rotatable bonds is 2. The topological polar surface area (TPSA) is 38.8 Å². The van der Waals surface area contributed by atoms with Crippen LogP contribution >= 0.6 is 11.6 Å². The van der Waals surface area contributed by atoms with Gasteiger partial charge in [-0.2, -0.15) is 0 Å². The van der Waals surface area contributed by atoms with E-state index in [2.05, 4.69) is 4.90 Å². The number of carbonyl (C=O) groups is 1. The lowest BCUT2D eigenvalue weighted by Crippen LogP contribution is -2.50. The summed E-state index contributed by atoms with van der Waals surface area (Å²) in [6.45, 7) is 3.07. The molecule has 4 heterocycles. The Kier molecular flexibility index (Phi) is 3.94. The van der Waals surface area contributed by atoms with Crippen molar-refractivity contribution in [3.8, 4) is 11.5 Å². The molecule has 4 fully saturated rings. The number of nitrogens with zero attached hydrogens (tertiary/aromatic N) is 1. The second kappa shape index (κ2) is 6.17. The highest BCUT2D eigenvalue weighted by Crippen LogP contribution is 2.51. The summed E-state index contributed by atoms with van der Waals surface area (Å²) < 4.78 is 12.1. The first kappa shape index (κ1) is 16.0. The molecule has 4 nitrogen and oxygen atoms in total. The van der Waals surface area contributed by atoms with E-state index >= 15 is 0 Å². The number of esters is 1. The van der Waals surface area contributed by atoms with E-state index in [4.69, 9.17) is 21.1 Å². The Hall–Kier alpha value is -1.26. The van der Waals surface area contributed by atoms with Crippen molar-refractivity contribution in [3.05, 3.63) is 22.7 Å². The highest BCUT2D eigenvalue weighted by molar-refractivity contribution is 6.30. The van der Waals surface area contributed by atoms with Gasteiger partial charge < -0.3 is 14.4 Å². The third-order valence-corrected chi connectivity index (χ3v) is 6.81. The van der Waals surface area contributed by atoms with Crippen molar-refractivity contribution < 1.29 is 14.3 Å². The van der Waals surface area contributed by atoms with Crippen molar-refractivity contribution >= 4 is 17.6 Å². The lowest BCUT2D eigenvalue weighted by Gasteiger charge is -2.43. The van der Waals surface area contributed by atoms with E-state index in [0.717, 1.165) is 56.6 Å².